The van der Waals surface area contributed by atoms with Crippen LogP contribution in [0.2, 0.25) is 0 Å². The number of carbonyl (C=O) groups excluding carboxylic acids is 2. The quantitative estimate of drug-likeness (QED) is 0.459. The molecule has 204 valence electrons. The number of amides is 1. The van der Waals surface area contributed by atoms with Crippen molar-refractivity contribution < 1.29 is 24.3 Å². The van der Waals surface area contributed by atoms with Crippen LogP contribution in [0.25, 0.3) is 0 Å². The Bertz CT molecular complexity index is 1170. The van der Waals surface area contributed by atoms with Crippen molar-refractivity contribution in [3.8, 4) is 0 Å². The number of benzene rings is 1. The minimum Gasteiger partial charge on any atom is -0.478 e. The lowest BCUT2D eigenvalue weighted by atomic mass is 9.46. The number of allylic oxidation sites excluding steroid dienone is 2. The number of carboxylic acids is 1. The lowest BCUT2D eigenvalue weighted by Crippen LogP contribution is -2.51. The summed E-state index contributed by atoms with van der Waals surface area (Å²) in [6.45, 7) is 6.79. The number of hydrogen-bond acceptors (Lipinski definition) is 5. The third-order valence-electron chi connectivity index (χ3n) is 10.5. The van der Waals surface area contributed by atoms with E-state index in [9.17, 15) is 14.4 Å². The van der Waals surface area contributed by atoms with Crippen LogP contribution in [-0.4, -0.2) is 35.1 Å². The standard InChI is InChI=1S/C31H40N2O5/c1-19(34)25-10-11-26-24-9-8-22-16-23(12-14-30(22,2)27(24)13-15-31(25,26)3)33-38-18-28(35)32-17-20-4-6-21(7-5-20)29(36)37/h4-7,16,24-27H,8-15,17-18H2,1-3H3,(H,32,35)(H,36,37)/b33-23+/t24?,25?,26?,27?,30-,31+/m0/s1. The highest BCUT2D eigenvalue weighted by molar-refractivity contribution is 5.96. The maximum absolute atomic E-state index is 12.4. The summed E-state index contributed by atoms with van der Waals surface area (Å²) < 4.78 is 0. The Morgan fingerprint density at radius 1 is 1.03 bits per heavy atom. The molecule has 1 aromatic rings. The highest BCUT2D eigenvalue weighted by Crippen LogP contribution is 2.66. The molecule has 7 nitrogen and oxygen atoms in total. The molecule has 3 saturated carbocycles. The summed E-state index contributed by atoms with van der Waals surface area (Å²) in [5.74, 6) is 1.44. The van der Waals surface area contributed by atoms with Crippen LogP contribution < -0.4 is 5.32 Å². The molecule has 2 N–H and O–H groups in total. The first-order chi connectivity index (χ1) is 18.1. The summed E-state index contributed by atoms with van der Waals surface area (Å²) in [5, 5.41) is 16.1. The number of rotatable bonds is 7. The summed E-state index contributed by atoms with van der Waals surface area (Å²) in [4.78, 5) is 41.0. The number of nitrogens with one attached hydrogen (secondary N) is 1. The van der Waals surface area contributed by atoms with Crippen molar-refractivity contribution in [1.82, 2.24) is 5.32 Å². The lowest BCUT2D eigenvalue weighted by Gasteiger charge is -2.58. The first-order valence-electron chi connectivity index (χ1n) is 14.1. The van der Waals surface area contributed by atoms with Gasteiger partial charge in [-0.15, -0.1) is 0 Å². The highest BCUT2D eigenvalue weighted by Gasteiger charge is 2.59. The summed E-state index contributed by atoms with van der Waals surface area (Å²) in [7, 11) is 0. The van der Waals surface area contributed by atoms with Crippen molar-refractivity contribution in [3.05, 3.63) is 47.0 Å². The van der Waals surface area contributed by atoms with Crippen molar-refractivity contribution in [2.45, 2.75) is 78.7 Å². The zero-order valence-corrected chi connectivity index (χ0v) is 22.8. The predicted molar refractivity (Wildman–Crippen MR) is 145 cm³/mol. The smallest absolute Gasteiger partial charge is 0.335 e. The van der Waals surface area contributed by atoms with Gasteiger partial charge in [0, 0.05) is 12.5 Å². The molecule has 0 heterocycles. The molecule has 5 rings (SSSR count). The van der Waals surface area contributed by atoms with Gasteiger partial charge in [-0.05, 0) is 111 Å². The van der Waals surface area contributed by atoms with Gasteiger partial charge >= 0.3 is 5.97 Å². The van der Waals surface area contributed by atoms with Crippen molar-refractivity contribution in [1.29, 1.82) is 0 Å². The summed E-state index contributed by atoms with van der Waals surface area (Å²) in [6, 6.07) is 6.41. The number of Topliss-reactive ketones (excluding diaryl/α,β-unsaturated/α-hetero) is 1. The Morgan fingerprint density at radius 3 is 2.50 bits per heavy atom. The van der Waals surface area contributed by atoms with Gasteiger partial charge in [0.1, 0.15) is 5.78 Å². The molecule has 3 fully saturated rings. The van der Waals surface area contributed by atoms with E-state index in [4.69, 9.17) is 9.94 Å². The van der Waals surface area contributed by atoms with Crippen LogP contribution in [0.1, 0.15) is 88.1 Å². The molecular formula is C31H40N2O5. The van der Waals surface area contributed by atoms with E-state index in [1.54, 1.807) is 19.1 Å². The first kappa shape index (κ1) is 26.6. The Hall–Kier alpha value is -2.96. The zero-order valence-electron chi connectivity index (χ0n) is 22.8. The average Bonchev–Trinajstić information content (AvgIpc) is 3.25. The van der Waals surface area contributed by atoms with Crippen LogP contribution >= 0.6 is 0 Å². The van der Waals surface area contributed by atoms with Crippen molar-refractivity contribution in [2.75, 3.05) is 6.61 Å². The van der Waals surface area contributed by atoms with Crippen LogP contribution in [0.5, 0.6) is 0 Å². The maximum Gasteiger partial charge on any atom is 0.335 e. The number of oxime groups is 1. The fraction of sp³-hybridized carbons (Fsp3) is 0.613. The topological polar surface area (TPSA) is 105 Å². The Balaban J connectivity index is 1.16. The van der Waals surface area contributed by atoms with Crippen molar-refractivity contribution in [2.24, 2.45) is 39.7 Å². The molecule has 0 radical (unpaired) electrons. The molecule has 6 atom stereocenters. The monoisotopic (exact) mass is 520 g/mol. The number of fused-ring (bicyclic) bond motifs is 5. The number of aromatic carboxylic acids is 1. The van der Waals surface area contributed by atoms with Crippen LogP contribution in [0.3, 0.4) is 0 Å². The average molecular weight is 521 g/mol. The second-order valence-corrected chi connectivity index (χ2v) is 12.4. The summed E-state index contributed by atoms with van der Waals surface area (Å²) in [6.07, 6.45) is 11.0. The number of carboxylic acid groups (broad SMARTS) is 1. The predicted octanol–water partition coefficient (Wildman–Crippen LogP) is 5.54. The van der Waals surface area contributed by atoms with Crippen LogP contribution in [-0.2, 0) is 21.0 Å². The number of carbonyl (C=O) groups is 3. The second kappa shape index (κ2) is 10.3. The molecule has 0 aliphatic heterocycles. The molecule has 4 aliphatic carbocycles. The largest absolute Gasteiger partial charge is 0.478 e. The molecule has 0 bridgehead atoms. The molecule has 7 heteroatoms. The van der Waals surface area contributed by atoms with E-state index in [2.05, 4.69) is 30.4 Å². The lowest BCUT2D eigenvalue weighted by molar-refractivity contribution is -0.128. The first-order valence-corrected chi connectivity index (χ1v) is 14.1. The molecular weight excluding hydrogens is 480 g/mol. The summed E-state index contributed by atoms with van der Waals surface area (Å²) in [5.41, 5.74) is 3.79. The Morgan fingerprint density at radius 2 is 1.79 bits per heavy atom. The van der Waals surface area contributed by atoms with Crippen molar-refractivity contribution >= 4 is 23.4 Å². The van der Waals surface area contributed by atoms with Crippen LogP contribution in [0, 0.1) is 34.5 Å². The molecule has 0 aromatic heterocycles. The normalized spacial score (nSPS) is 34.9. The summed E-state index contributed by atoms with van der Waals surface area (Å²) >= 11 is 0. The molecule has 4 aliphatic rings. The SMILES string of the molecule is CC(=O)C1CCC2C3CCC4=C/C(=N/OCC(=O)NCc5ccc(C(=O)O)cc5)CC[C@]4(C)C3CC[C@]12C. The minimum absolute atomic E-state index is 0.153. The third-order valence-corrected chi connectivity index (χ3v) is 10.5. The molecule has 4 unspecified atom stereocenters. The van der Waals surface area contributed by atoms with E-state index in [1.807, 2.05) is 0 Å². The maximum atomic E-state index is 12.4. The van der Waals surface area contributed by atoms with E-state index in [1.165, 1.54) is 37.0 Å². The van der Waals surface area contributed by atoms with Gasteiger partial charge in [0.25, 0.3) is 5.91 Å². The van der Waals surface area contributed by atoms with Gasteiger partial charge in [0.05, 0.1) is 11.3 Å². The van der Waals surface area contributed by atoms with Crippen LogP contribution in [0.4, 0.5) is 0 Å². The van der Waals surface area contributed by atoms with Gasteiger partial charge in [-0.1, -0.05) is 36.7 Å². The molecule has 1 aromatic carbocycles. The van der Waals surface area contributed by atoms with Crippen LogP contribution in [0.15, 0.2) is 41.1 Å². The van der Waals surface area contributed by atoms with E-state index < -0.39 is 5.97 Å². The highest BCUT2D eigenvalue weighted by atomic mass is 16.6. The molecule has 1 amide bonds. The molecule has 38 heavy (non-hydrogen) atoms. The van der Waals surface area contributed by atoms with E-state index in [0.29, 0.717) is 30.1 Å². The van der Waals surface area contributed by atoms with Gasteiger partial charge < -0.3 is 15.3 Å². The van der Waals surface area contributed by atoms with Gasteiger partial charge in [-0.3, -0.25) is 9.59 Å². The third kappa shape index (κ3) is 4.80. The second-order valence-electron chi connectivity index (χ2n) is 12.4. The van der Waals surface area contributed by atoms with E-state index >= 15 is 0 Å². The number of nitrogens with zero attached hydrogens (tertiary/aromatic N) is 1. The zero-order chi connectivity index (χ0) is 27.1. The van der Waals surface area contributed by atoms with Crippen molar-refractivity contribution in [3.63, 3.8) is 0 Å². The fourth-order valence-corrected chi connectivity index (χ4v) is 8.50. The fourth-order valence-electron chi connectivity index (χ4n) is 8.50. The Labute approximate surface area is 225 Å². The van der Waals surface area contributed by atoms with Gasteiger partial charge in [-0.2, -0.15) is 0 Å². The Kier molecular flexibility index (Phi) is 7.23. The molecule has 0 spiro atoms. The minimum atomic E-state index is -0.975. The van der Waals surface area contributed by atoms with Gasteiger partial charge in [0.15, 0.2) is 6.61 Å². The van der Waals surface area contributed by atoms with Gasteiger partial charge in [0.2, 0.25) is 0 Å². The van der Waals surface area contributed by atoms with E-state index in [0.717, 1.165) is 43.4 Å². The van der Waals surface area contributed by atoms with E-state index in [-0.39, 0.29) is 34.8 Å². The number of ketones is 1. The molecule has 0 saturated heterocycles. The van der Waals surface area contributed by atoms with Gasteiger partial charge in [-0.25, -0.2) is 4.79 Å². The number of hydrogen-bond donors (Lipinski definition) is 2.